The van der Waals surface area contributed by atoms with Crippen LogP contribution in [0.2, 0.25) is 5.02 Å². The Balaban J connectivity index is 2.59. The molecule has 0 radical (unpaired) electrons. The molecule has 0 aliphatic rings. The SMILES string of the molecule is COc1ccc(Cl)cc1C(=O)c1c(C)cccc1C. The van der Waals surface area contributed by atoms with Crippen LogP contribution in [-0.2, 0) is 0 Å². The van der Waals surface area contributed by atoms with Gasteiger partial charge in [-0.3, -0.25) is 4.79 Å². The smallest absolute Gasteiger partial charge is 0.197 e. The van der Waals surface area contributed by atoms with E-state index in [9.17, 15) is 4.79 Å². The van der Waals surface area contributed by atoms with E-state index in [1.807, 2.05) is 32.0 Å². The minimum Gasteiger partial charge on any atom is -0.496 e. The van der Waals surface area contributed by atoms with Crippen LogP contribution < -0.4 is 4.74 Å². The van der Waals surface area contributed by atoms with E-state index in [1.165, 1.54) is 0 Å². The van der Waals surface area contributed by atoms with Crippen LogP contribution in [0.4, 0.5) is 0 Å². The molecule has 0 bridgehead atoms. The number of ketones is 1. The molecule has 3 heteroatoms. The second kappa shape index (κ2) is 5.45. The molecule has 2 rings (SSSR count). The molecular formula is C16H15ClO2. The summed E-state index contributed by atoms with van der Waals surface area (Å²) >= 11 is 5.98. The monoisotopic (exact) mass is 274 g/mol. The number of benzene rings is 2. The molecule has 2 nitrogen and oxygen atoms in total. The quantitative estimate of drug-likeness (QED) is 0.784. The van der Waals surface area contributed by atoms with Crippen molar-refractivity contribution in [2.45, 2.75) is 13.8 Å². The van der Waals surface area contributed by atoms with Gasteiger partial charge in [0.05, 0.1) is 12.7 Å². The maximum absolute atomic E-state index is 12.7. The van der Waals surface area contributed by atoms with Gasteiger partial charge >= 0.3 is 0 Å². The molecule has 0 aliphatic carbocycles. The number of hydrogen-bond donors (Lipinski definition) is 0. The Morgan fingerprint density at radius 1 is 1.11 bits per heavy atom. The first-order valence-corrected chi connectivity index (χ1v) is 6.37. The third-order valence-corrected chi connectivity index (χ3v) is 3.35. The number of ether oxygens (including phenoxy) is 1. The Bertz CT molecular complexity index is 612. The molecule has 2 aromatic rings. The normalized spacial score (nSPS) is 10.3. The third kappa shape index (κ3) is 2.64. The van der Waals surface area contributed by atoms with Crippen LogP contribution in [0.3, 0.4) is 0 Å². The summed E-state index contributed by atoms with van der Waals surface area (Å²) in [6, 6.07) is 10.9. The van der Waals surface area contributed by atoms with E-state index in [0.29, 0.717) is 21.9 Å². The first kappa shape index (κ1) is 13.6. The molecule has 0 heterocycles. The fourth-order valence-corrected chi connectivity index (χ4v) is 2.34. The fraction of sp³-hybridized carbons (Fsp3) is 0.188. The van der Waals surface area contributed by atoms with Crippen LogP contribution in [-0.4, -0.2) is 12.9 Å². The van der Waals surface area contributed by atoms with Gasteiger partial charge in [-0.25, -0.2) is 0 Å². The Morgan fingerprint density at radius 2 is 1.74 bits per heavy atom. The zero-order chi connectivity index (χ0) is 14.0. The van der Waals surface area contributed by atoms with Crippen molar-refractivity contribution in [2.24, 2.45) is 0 Å². The third-order valence-electron chi connectivity index (χ3n) is 3.11. The molecule has 98 valence electrons. The number of aryl methyl sites for hydroxylation is 2. The van der Waals surface area contributed by atoms with E-state index in [-0.39, 0.29) is 5.78 Å². The lowest BCUT2D eigenvalue weighted by Gasteiger charge is -2.12. The maximum atomic E-state index is 12.7. The van der Waals surface area contributed by atoms with Crippen LogP contribution >= 0.6 is 11.6 Å². The lowest BCUT2D eigenvalue weighted by atomic mass is 9.94. The molecule has 0 amide bonds. The molecule has 0 saturated carbocycles. The highest BCUT2D eigenvalue weighted by atomic mass is 35.5. The zero-order valence-electron chi connectivity index (χ0n) is 11.2. The summed E-state index contributed by atoms with van der Waals surface area (Å²) in [6.07, 6.45) is 0. The van der Waals surface area contributed by atoms with E-state index in [4.69, 9.17) is 16.3 Å². The van der Waals surface area contributed by atoms with Gasteiger partial charge in [0.2, 0.25) is 0 Å². The fourth-order valence-electron chi connectivity index (χ4n) is 2.16. The van der Waals surface area contributed by atoms with Crippen LogP contribution in [0, 0.1) is 13.8 Å². The standard InChI is InChI=1S/C16H15ClO2/c1-10-5-4-6-11(2)15(10)16(18)13-9-12(17)7-8-14(13)19-3/h4-9H,1-3H3. The Labute approximate surface area is 118 Å². The summed E-state index contributed by atoms with van der Waals surface area (Å²) in [5.74, 6) is 0.479. The first-order chi connectivity index (χ1) is 9.04. The van der Waals surface area contributed by atoms with E-state index in [2.05, 4.69) is 0 Å². The van der Waals surface area contributed by atoms with Crippen LogP contribution in [0.25, 0.3) is 0 Å². The van der Waals surface area contributed by atoms with E-state index in [1.54, 1.807) is 25.3 Å². The van der Waals surface area contributed by atoms with Gasteiger partial charge in [0.25, 0.3) is 0 Å². The van der Waals surface area contributed by atoms with Crippen LogP contribution in [0.5, 0.6) is 5.75 Å². The van der Waals surface area contributed by atoms with Gasteiger partial charge in [-0.2, -0.15) is 0 Å². The van der Waals surface area contributed by atoms with Crippen molar-refractivity contribution in [2.75, 3.05) is 7.11 Å². The van der Waals surface area contributed by atoms with Gasteiger partial charge in [0, 0.05) is 10.6 Å². The Hall–Kier alpha value is -1.80. The number of methoxy groups -OCH3 is 1. The lowest BCUT2D eigenvalue weighted by molar-refractivity contribution is 0.103. The van der Waals surface area contributed by atoms with Gasteiger partial charge in [-0.05, 0) is 43.2 Å². The van der Waals surface area contributed by atoms with Gasteiger partial charge < -0.3 is 4.74 Å². The molecule has 0 aromatic heterocycles. The van der Waals surface area contributed by atoms with Gasteiger partial charge in [0.1, 0.15) is 5.75 Å². The summed E-state index contributed by atoms with van der Waals surface area (Å²) in [5.41, 5.74) is 3.11. The minimum absolute atomic E-state index is 0.0602. The first-order valence-electron chi connectivity index (χ1n) is 5.99. The molecule has 0 fully saturated rings. The molecule has 19 heavy (non-hydrogen) atoms. The predicted molar refractivity (Wildman–Crippen MR) is 77.4 cm³/mol. The van der Waals surface area contributed by atoms with Crippen molar-refractivity contribution >= 4 is 17.4 Å². The largest absolute Gasteiger partial charge is 0.496 e. The average molecular weight is 275 g/mol. The molecule has 0 N–H and O–H groups in total. The van der Waals surface area contributed by atoms with E-state index in [0.717, 1.165) is 11.1 Å². The highest BCUT2D eigenvalue weighted by Gasteiger charge is 2.18. The van der Waals surface area contributed by atoms with Crippen molar-refractivity contribution in [1.29, 1.82) is 0 Å². The average Bonchev–Trinajstić information content (AvgIpc) is 2.38. The van der Waals surface area contributed by atoms with Crippen molar-refractivity contribution in [3.8, 4) is 5.75 Å². The minimum atomic E-state index is -0.0602. The molecule has 0 saturated heterocycles. The molecular weight excluding hydrogens is 260 g/mol. The molecule has 0 aliphatic heterocycles. The number of rotatable bonds is 3. The second-order valence-electron chi connectivity index (χ2n) is 4.44. The Kier molecular flexibility index (Phi) is 3.91. The summed E-state index contributed by atoms with van der Waals surface area (Å²) in [7, 11) is 1.55. The van der Waals surface area contributed by atoms with Gasteiger partial charge in [-0.1, -0.05) is 29.8 Å². The number of halogens is 1. The number of hydrogen-bond acceptors (Lipinski definition) is 2. The predicted octanol–water partition coefficient (Wildman–Crippen LogP) is 4.20. The number of carbonyl (C=O) groups is 1. The van der Waals surface area contributed by atoms with Gasteiger partial charge in [-0.15, -0.1) is 0 Å². The van der Waals surface area contributed by atoms with Crippen molar-refractivity contribution < 1.29 is 9.53 Å². The highest BCUT2D eigenvalue weighted by molar-refractivity contribution is 6.31. The van der Waals surface area contributed by atoms with Crippen molar-refractivity contribution in [3.05, 3.63) is 63.7 Å². The van der Waals surface area contributed by atoms with Crippen LogP contribution in [0.1, 0.15) is 27.0 Å². The molecule has 0 atom stereocenters. The molecule has 0 spiro atoms. The van der Waals surface area contributed by atoms with Crippen LogP contribution in [0.15, 0.2) is 36.4 Å². The number of carbonyl (C=O) groups excluding carboxylic acids is 1. The maximum Gasteiger partial charge on any atom is 0.197 e. The highest BCUT2D eigenvalue weighted by Crippen LogP contribution is 2.27. The van der Waals surface area contributed by atoms with Crippen molar-refractivity contribution in [3.63, 3.8) is 0 Å². The van der Waals surface area contributed by atoms with Gasteiger partial charge in [0.15, 0.2) is 5.78 Å². The van der Waals surface area contributed by atoms with E-state index < -0.39 is 0 Å². The summed E-state index contributed by atoms with van der Waals surface area (Å²) in [5, 5.41) is 0.524. The summed E-state index contributed by atoms with van der Waals surface area (Å²) in [6.45, 7) is 3.86. The summed E-state index contributed by atoms with van der Waals surface area (Å²) in [4.78, 5) is 12.7. The topological polar surface area (TPSA) is 26.3 Å². The molecule has 2 aromatic carbocycles. The zero-order valence-corrected chi connectivity index (χ0v) is 11.9. The lowest BCUT2D eigenvalue weighted by Crippen LogP contribution is -2.08. The molecule has 0 unspecified atom stereocenters. The Morgan fingerprint density at radius 3 is 2.32 bits per heavy atom. The van der Waals surface area contributed by atoms with E-state index >= 15 is 0 Å². The van der Waals surface area contributed by atoms with Crippen molar-refractivity contribution in [1.82, 2.24) is 0 Å². The summed E-state index contributed by atoms with van der Waals surface area (Å²) < 4.78 is 5.24. The second-order valence-corrected chi connectivity index (χ2v) is 4.88.